The first-order valence-corrected chi connectivity index (χ1v) is 5.14. The monoisotopic (exact) mass is 220 g/mol. The van der Waals surface area contributed by atoms with E-state index in [9.17, 15) is 14.7 Å². The number of carbonyl (C=O) groups is 2. The fraction of sp³-hybridized carbons (Fsp3) is 0.333. The van der Waals surface area contributed by atoms with Gasteiger partial charge in [0.15, 0.2) is 0 Å². The van der Waals surface area contributed by atoms with Crippen LogP contribution in [-0.2, 0) is 15.3 Å². The molecule has 1 N–H and O–H groups in total. The third-order valence-electron chi connectivity index (χ3n) is 2.66. The highest BCUT2D eigenvalue weighted by atomic mass is 16.7. The Hall–Kier alpha value is -1.68. The van der Waals surface area contributed by atoms with Gasteiger partial charge in [0.2, 0.25) is 5.79 Å². The third kappa shape index (κ3) is 1.61. The molecule has 0 aromatic heterocycles. The Labute approximate surface area is 92.8 Å². The molecule has 0 saturated carbocycles. The number of carbonyl (C=O) groups excluding carboxylic acids is 2. The first-order valence-electron chi connectivity index (χ1n) is 5.14. The largest absolute Gasteiger partial charge is 0.425 e. The maximum atomic E-state index is 11.5. The van der Waals surface area contributed by atoms with E-state index >= 15 is 0 Å². The summed E-state index contributed by atoms with van der Waals surface area (Å²) in [5.41, 5.74) is 0.704. The van der Waals surface area contributed by atoms with E-state index in [0.29, 0.717) is 17.5 Å². The second-order valence-corrected chi connectivity index (χ2v) is 3.79. The third-order valence-corrected chi connectivity index (χ3v) is 2.66. The van der Waals surface area contributed by atoms with Gasteiger partial charge >= 0.3 is 5.97 Å². The molecule has 1 aromatic rings. The SMILES string of the molecule is CCC(=O)CC1(O)OC(=O)c2ccccc21. The number of ketones is 1. The fourth-order valence-electron chi connectivity index (χ4n) is 1.79. The average molecular weight is 220 g/mol. The summed E-state index contributed by atoms with van der Waals surface area (Å²) >= 11 is 0. The van der Waals surface area contributed by atoms with Gasteiger partial charge in [-0.1, -0.05) is 25.1 Å². The van der Waals surface area contributed by atoms with Crippen molar-refractivity contribution in [2.45, 2.75) is 25.6 Å². The van der Waals surface area contributed by atoms with Crippen molar-refractivity contribution in [2.24, 2.45) is 0 Å². The van der Waals surface area contributed by atoms with Gasteiger partial charge in [0.1, 0.15) is 5.78 Å². The van der Waals surface area contributed by atoms with Crippen LogP contribution in [0, 0.1) is 0 Å². The summed E-state index contributed by atoms with van der Waals surface area (Å²) in [5, 5.41) is 10.2. The molecule has 1 unspecified atom stereocenters. The minimum absolute atomic E-state index is 0.146. The molecular formula is C12H12O4. The molecule has 1 aromatic carbocycles. The lowest BCUT2D eigenvalue weighted by Crippen LogP contribution is -2.28. The first-order chi connectivity index (χ1) is 7.57. The number of benzene rings is 1. The number of cyclic esters (lactones) is 1. The number of hydrogen-bond donors (Lipinski definition) is 1. The number of Topliss-reactive ketones (excluding diaryl/α,β-unsaturated/α-hetero) is 1. The Kier molecular flexibility index (Phi) is 2.52. The molecule has 0 bridgehead atoms. The lowest BCUT2D eigenvalue weighted by Gasteiger charge is -2.20. The van der Waals surface area contributed by atoms with Crippen molar-refractivity contribution in [3.8, 4) is 0 Å². The van der Waals surface area contributed by atoms with E-state index in [2.05, 4.69) is 0 Å². The van der Waals surface area contributed by atoms with Crippen LogP contribution in [-0.4, -0.2) is 16.9 Å². The maximum Gasteiger partial charge on any atom is 0.341 e. The topological polar surface area (TPSA) is 63.6 Å². The van der Waals surface area contributed by atoms with Gasteiger partial charge < -0.3 is 9.84 Å². The van der Waals surface area contributed by atoms with Gasteiger partial charge in [-0.2, -0.15) is 0 Å². The van der Waals surface area contributed by atoms with Crippen LogP contribution in [0.1, 0.15) is 35.7 Å². The number of esters is 1. The Morgan fingerprint density at radius 1 is 1.44 bits per heavy atom. The molecule has 0 spiro atoms. The predicted molar refractivity (Wildman–Crippen MR) is 55.7 cm³/mol. The van der Waals surface area contributed by atoms with Crippen LogP contribution >= 0.6 is 0 Å². The molecule has 0 radical (unpaired) electrons. The summed E-state index contributed by atoms with van der Waals surface area (Å²) < 4.78 is 4.89. The van der Waals surface area contributed by atoms with Crippen molar-refractivity contribution in [3.05, 3.63) is 35.4 Å². The van der Waals surface area contributed by atoms with E-state index in [-0.39, 0.29) is 12.2 Å². The quantitative estimate of drug-likeness (QED) is 0.781. The summed E-state index contributed by atoms with van der Waals surface area (Å²) in [7, 11) is 0. The molecule has 16 heavy (non-hydrogen) atoms. The normalized spacial score (nSPS) is 22.8. The number of rotatable bonds is 3. The van der Waals surface area contributed by atoms with Gasteiger partial charge in [-0.05, 0) is 6.07 Å². The van der Waals surface area contributed by atoms with Crippen LogP contribution in [0.15, 0.2) is 24.3 Å². The molecule has 1 heterocycles. The lowest BCUT2D eigenvalue weighted by atomic mass is 9.97. The first kappa shape index (κ1) is 10.8. The van der Waals surface area contributed by atoms with Gasteiger partial charge in [0.05, 0.1) is 12.0 Å². The minimum atomic E-state index is -1.78. The Bertz CT molecular complexity index is 452. The van der Waals surface area contributed by atoms with Gasteiger partial charge in [0.25, 0.3) is 0 Å². The Morgan fingerprint density at radius 2 is 2.12 bits per heavy atom. The molecule has 0 fully saturated rings. The van der Waals surface area contributed by atoms with E-state index in [1.54, 1.807) is 31.2 Å². The van der Waals surface area contributed by atoms with E-state index < -0.39 is 11.8 Å². The number of hydrogen-bond acceptors (Lipinski definition) is 4. The lowest BCUT2D eigenvalue weighted by molar-refractivity contribution is -0.172. The molecular weight excluding hydrogens is 208 g/mol. The number of aliphatic hydroxyl groups is 1. The van der Waals surface area contributed by atoms with Gasteiger partial charge in [-0.3, -0.25) is 4.79 Å². The molecule has 0 amide bonds. The van der Waals surface area contributed by atoms with Crippen LogP contribution < -0.4 is 0 Å². The van der Waals surface area contributed by atoms with E-state index in [4.69, 9.17) is 4.74 Å². The van der Waals surface area contributed by atoms with Gasteiger partial charge in [-0.15, -0.1) is 0 Å². The van der Waals surface area contributed by atoms with Gasteiger partial charge in [-0.25, -0.2) is 4.79 Å². The standard InChI is InChI=1S/C12H12O4/c1-2-8(13)7-12(15)10-6-4-3-5-9(10)11(14)16-12/h3-6,15H,2,7H2,1H3. The van der Waals surface area contributed by atoms with Crippen LogP contribution in [0.3, 0.4) is 0 Å². The second kappa shape index (κ2) is 3.72. The summed E-state index contributed by atoms with van der Waals surface area (Å²) in [6.07, 6.45) is 0.119. The zero-order valence-electron chi connectivity index (χ0n) is 8.90. The van der Waals surface area contributed by atoms with Crippen molar-refractivity contribution in [3.63, 3.8) is 0 Å². The van der Waals surface area contributed by atoms with Crippen LogP contribution in [0.5, 0.6) is 0 Å². The van der Waals surface area contributed by atoms with Crippen molar-refractivity contribution >= 4 is 11.8 Å². The molecule has 84 valence electrons. The molecule has 0 saturated heterocycles. The van der Waals surface area contributed by atoms with E-state index in [1.807, 2.05) is 0 Å². The molecule has 1 aliphatic heterocycles. The fourth-order valence-corrected chi connectivity index (χ4v) is 1.79. The highest BCUT2D eigenvalue weighted by Gasteiger charge is 2.44. The Morgan fingerprint density at radius 3 is 2.81 bits per heavy atom. The van der Waals surface area contributed by atoms with E-state index in [0.717, 1.165) is 0 Å². The van der Waals surface area contributed by atoms with Crippen molar-refractivity contribution in [2.75, 3.05) is 0 Å². The smallest absolute Gasteiger partial charge is 0.341 e. The number of ether oxygens (including phenoxy) is 1. The van der Waals surface area contributed by atoms with Gasteiger partial charge in [0, 0.05) is 12.0 Å². The van der Waals surface area contributed by atoms with Crippen molar-refractivity contribution in [1.82, 2.24) is 0 Å². The summed E-state index contributed by atoms with van der Waals surface area (Å²) in [5.74, 6) is -2.50. The van der Waals surface area contributed by atoms with Crippen LogP contribution in [0.25, 0.3) is 0 Å². The summed E-state index contributed by atoms with van der Waals surface area (Å²) in [6, 6.07) is 6.56. The highest BCUT2D eigenvalue weighted by Crippen LogP contribution is 2.37. The summed E-state index contributed by atoms with van der Waals surface area (Å²) in [6.45, 7) is 1.70. The van der Waals surface area contributed by atoms with Crippen molar-refractivity contribution < 1.29 is 19.4 Å². The Balaban J connectivity index is 2.39. The molecule has 1 aliphatic rings. The van der Waals surface area contributed by atoms with Crippen molar-refractivity contribution in [1.29, 1.82) is 0 Å². The summed E-state index contributed by atoms with van der Waals surface area (Å²) in [4.78, 5) is 22.8. The number of fused-ring (bicyclic) bond motifs is 1. The van der Waals surface area contributed by atoms with Crippen LogP contribution in [0.4, 0.5) is 0 Å². The molecule has 4 nitrogen and oxygen atoms in total. The zero-order valence-corrected chi connectivity index (χ0v) is 8.90. The molecule has 0 aliphatic carbocycles. The average Bonchev–Trinajstić information content (AvgIpc) is 2.52. The van der Waals surface area contributed by atoms with Crippen LogP contribution in [0.2, 0.25) is 0 Å². The second-order valence-electron chi connectivity index (χ2n) is 3.79. The van der Waals surface area contributed by atoms with E-state index in [1.165, 1.54) is 0 Å². The zero-order chi connectivity index (χ0) is 11.8. The minimum Gasteiger partial charge on any atom is -0.425 e. The molecule has 2 rings (SSSR count). The predicted octanol–water partition coefficient (Wildman–Crippen LogP) is 1.37. The maximum absolute atomic E-state index is 11.5. The highest BCUT2D eigenvalue weighted by molar-refractivity contribution is 5.95. The molecule has 1 atom stereocenters. The molecule has 4 heteroatoms.